The second-order valence-corrected chi connectivity index (χ2v) is 7.24. The Labute approximate surface area is 135 Å². The van der Waals surface area contributed by atoms with Gasteiger partial charge in [0.05, 0.1) is 4.90 Å². The van der Waals surface area contributed by atoms with Gasteiger partial charge in [0.15, 0.2) is 0 Å². The van der Waals surface area contributed by atoms with Gasteiger partial charge in [0.2, 0.25) is 15.9 Å². The molecule has 0 aliphatic carbocycles. The third-order valence-electron chi connectivity index (χ3n) is 3.72. The molecule has 0 bridgehead atoms. The zero-order valence-corrected chi connectivity index (χ0v) is 13.6. The highest BCUT2D eigenvalue weighted by Crippen LogP contribution is 2.25. The van der Waals surface area contributed by atoms with Crippen molar-refractivity contribution in [2.75, 3.05) is 5.32 Å². The number of fused-ring (bicyclic) bond motifs is 1. The predicted octanol–water partition coefficient (Wildman–Crippen LogP) is 1.49. The van der Waals surface area contributed by atoms with Crippen LogP contribution in [0.25, 0.3) is 0 Å². The van der Waals surface area contributed by atoms with E-state index >= 15 is 0 Å². The average molecular weight is 340 g/mol. The summed E-state index contributed by atoms with van der Waals surface area (Å²) in [6.07, 6.45) is 2.41. The summed E-state index contributed by atoms with van der Waals surface area (Å²) in [5.74, 6) is -1.29. The molecule has 1 unspecified atom stereocenters. The van der Waals surface area contributed by atoms with Crippen LogP contribution in [-0.4, -0.2) is 31.4 Å². The summed E-state index contributed by atoms with van der Waals surface area (Å²) in [7, 11) is -3.93. The van der Waals surface area contributed by atoms with E-state index in [1.54, 1.807) is 0 Å². The number of benzene rings is 1. The normalized spacial score (nSPS) is 15.6. The van der Waals surface area contributed by atoms with Gasteiger partial charge in [0, 0.05) is 12.1 Å². The zero-order valence-electron chi connectivity index (χ0n) is 12.8. The standard InChI is InChI=1S/C15H20N2O5S/c1-2-3-4-13(15(19)20)17-23(21,22)11-6-7-12-10(9-11)5-8-14(18)16-12/h6-7,9,13,17H,2-5,8H2,1H3,(H,16,18)(H,19,20). The number of carbonyl (C=O) groups is 2. The Hall–Kier alpha value is -1.93. The molecule has 0 fully saturated rings. The van der Waals surface area contributed by atoms with Crippen LogP contribution in [0.2, 0.25) is 0 Å². The second kappa shape index (κ2) is 7.10. The Bertz CT molecular complexity index is 715. The molecule has 1 amide bonds. The van der Waals surface area contributed by atoms with E-state index in [-0.39, 0.29) is 17.2 Å². The average Bonchev–Trinajstić information content (AvgIpc) is 2.50. The molecule has 1 aromatic rings. The van der Waals surface area contributed by atoms with Crippen molar-refractivity contribution in [1.82, 2.24) is 4.72 Å². The summed E-state index contributed by atoms with van der Waals surface area (Å²) in [5.41, 5.74) is 1.33. The van der Waals surface area contributed by atoms with E-state index in [1.807, 2.05) is 6.92 Å². The number of rotatable bonds is 7. The van der Waals surface area contributed by atoms with Gasteiger partial charge >= 0.3 is 5.97 Å². The van der Waals surface area contributed by atoms with Gasteiger partial charge in [0.1, 0.15) is 6.04 Å². The van der Waals surface area contributed by atoms with E-state index in [9.17, 15) is 18.0 Å². The van der Waals surface area contributed by atoms with E-state index in [0.29, 0.717) is 24.9 Å². The van der Waals surface area contributed by atoms with Crippen LogP contribution in [0.15, 0.2) is 23.1 Å². The summed E-state index contributed by atoms with van der Waals surface area (Å²) >= 11 is 0. The third kappa shape index (κ3) is 4.29. The molecule has 126 valence electrons. The number of carboxylic acid groups (broad SMARTS) is 1. The number of nitrogens with one attached hydrogen (secondary N) is 2. The van der Waals surface area contributed by atoms with E-state index in [2.05, 4.69) is 10.0 Å². The van der Waals surface area contributed by atoms with Crippen LogP contribution in [0, 0.1) is 0 Å². The van der Waals surface area contributed by atoms with Crippen molar-refractivity contribution >= 4 is 27.6 Å². The van der Waals surface area contributed by atoms with Crippen molar-refractivity contribution in [3.8, 4) is 0 Å². The van der Waals surface area contributed by atoms with Gasteiger partial charge in [-0.1, -0.05) is 19.8 Å². The minimum atomic E-state index is -3.93. The summed E-state index contributed by atoms with van der Waals surface area (Å²) in [5, 5.41) is 11.8. The zero-order chi connectivity index (χ0) is 17.0. The van der Waals surface area contributed by atoms with Crippen molar-refractivity contribution in [3.63, 3.8) is 0 Å². The number of anilines is 1. The quantitative estimate of drug-likeness (QED) is 0.696. The fourth-order valence-electron chi connectivity index (χ4n) is 2.42. The van der Waals surface area contributed by atoms with Crippen LogP contribution < -0.4 is 10.0 Å². The third-order valence-corrected chi connectivity index (χ3v) is 5.19. The summed E-state index contributed by atoms with van der Waals surface area (Å²) in [4.78, 5) is 22.5. The predicted molar refractivity (Wildman–Crippen MR) is 84.7 cm³/mol. The summed E-state index contributed by atoms with van der Waals surface area (Å²) in [6.45, 7) is 1.91. The summed E-state index contributed by atoms with van der Waals surface area (Å²) < 4.78 is 27.0. The first kappa shape index (κ1) is 17.4. The molecule has 23 heavy (non-hydrogen) atoms. The van der Waals surface area contributed by atoms with Gasteiger partial charge in [0.25, 0.3) is 0 Å². The molecule has 0 saturated carbocycles. The smallest absolute Gasteiger partial charge is 0.321 e. The minimum absolute atomic E-state index is 0.00940. The van der Waals surface area contributed by atoms with Crippen LogP contribution in [0.5, 0.6) is 0 Å². The molecule has 1 aromatic carbocycles. The topological polar surface area (TPSA) is 113 Å². The largest absolute Gasteiger partial charge is 0.480 e. The molecule has 0 radical (unpaired) electrons. The van der Waals surface area contributed by atoms with Crippen molar-refractivity contribution < 1.29 is 23.1 Å². The van der Waals surface area contributed by atoms with Crippen molar-refractivity contribution in [3.05, 3.63) is 23.8 Å². The lowest BCUT2D eigenvalue weighted by atomic mass is 10.0. The van der Waals surface area contributed by atoms with Gasteiger partial charge in [-0.2, -0.15) is 4.72 Å². The van der Waals surface area contributed by atoms with Crippen LogP contribution in [0.4, 0.5) is 5.69 Å². The molecule has 0 saturated heterocycles. The first-order chi connectivity index (χ1) is 10.8. The molecule has 1 aliphatic heterocycles. The van der Waals surface area contributed by atoms with E-state index in [1.165, 1.54) is 18.2 Å². The van der Waals surface area contributed by atoms with Crippen LogP contribution >= 0.6 is 0 Å². The van der Waals surface area contributed by atoms with Crippen molar-refractivity contribution in [2.45, 2.75) is 50.0 Å². The van der Waals surface area contributed by atoms with Crippen LogP contribution in [0.3, 0.4) is 0 Å². The molecular formula is C15H20N2O5S. The highest BCUT2D eigenvalue weighted by molar-refractivity contribution is 7.89. The van der Waals surface area contributed by atoms with Crippen molar-refractivity contribution in [1.29, 1.82) is 0 Å². The molecule has 7 nitrogen and oxygen atoms in total. The molecule has 1 aliphatic rings. The van der Waals surface area contributed by atoms with E-state index in [0.717, 1.165) is 12.0 Å². The number of amides is 1. The Balaban J connectivity index is 2.22. The number of carbonyl (C=O) groups excluding carboxylic acids is 1. The van der Waals surface area contributed by atoms with Gasteiger partial charge in [-0.25, -0.2) is 8.42 Å². The van der Waals surface area contributed by atoms with Crippen LogP contribution in [0.1, 0.15) is 38.2 Å². The number of sulfonamides is 1. The molecule has 0 spiro atoms. The molecule has 0 aromatic heterocycles. The number of aliphatic carboxylic acids is 1. The molecule has 1 heterocycles. The maximum absolute atomic E-state index is 12.4. The number of hydrogen-bond acceptors (Lipinski definition) is 4. The molecule has 2 rings (SSSR count). The highest BCUT2D eigenvalue weighted by atomic mass is 32.2. The second-order valence-electron chi connectivity index (χ2n) is 5.52. The maximum atomic E-state index is 12.4. The van der Waals surface area contributed by atoms with Crippen molar-refractivity contribution in [2.24, 2.45) is 0 Å². The monoisotopic (exact) mass is 340 g/mol. The van der Waals surface area contributed by atoms with Gasteiger partial charge < -0.3 is 10.4 Å². The van der Waals surface area contributed by atoms with Gasteiger partial charge in [-0.3, -0.25) is 9.59 Å². The Kier molecular flexibility index (Phi) is 5.38. The highest BCUT2D eigenvalue weighted by Gasteiger charge is 2.26. The molecular weight excluding hydrogens is 320 g/mol. The Morgan fingerprint density at radius 2 is 2.13 bits per heavy atom. The molecule has 1 atom stereocenters. The first-order valence-electron chi connectivity index (χ1n) is 7.51. The lowest BCUT2D eigenvalue weighted by molar-refractivity contribution is -0.139. The van der Waals surface area contributed by atoms with E-state index < -0.39 is 22.0 Å². The Morgan fingerprint density at radius 3 is 2.78 bits per heavy atom. The lowest BCUT2D eigenvalue weighted by Crippen LogP contribution is -2.40. The van der Waals surface area contributed by atoms with Gasteiger partial charge in [-0.05, 0) is 36.6 Å². The number of carboxylic acids is 1. The number of hydrogen-bond donors (Lipinski definition) is 3. The fourth-order valence-corrected chi connectivity index (χ4v) is 3.70. The number of aryl methyl sites for hydroxylation is 1. The minimum Gasteiger partial charge on any atom is -0.480 e. The summed E-state index contributed by atoms with van der Waals surface area (Å²) in [6, 6.07) is 3.24. The van der Waals surface area contributed by atoms with Gasteiger partial charge in [-0.15, -0.1) is 0 Å². The fraction of sp³-hybridized carbons (Fsp3) is 0.467. The first-order valence-corrected chi connectivity index (χ1v) is 8.99. The number of unbranched alkanes of at least 4 members (excludes halogenated alkanes) is 1. The molecule has 8 heteroatoms. The van der Waals surface area contributed by atoms with E-state index in [4.69, 9.17) is 5.11 Å². The Morgan fingerprint density at radius 1 is 1.39 bits per heavy atom. The maximum Gasteiger partial charge on any atom is 0.321 e. The van der Waals surface area contributed by atoms with Crippen LogP contribution in [-0.2, 0) is 26.0 Å². The SMILES string of the molecule is CCCCC(NS(=O)(=O)c1ccc2c(c1)CCC(=O)N2)C(=O)O. The lowest BCUT2D eigenvalue weighted by Gasteiger charge is -2.19. The molecule has 3 N–H and O–H groups in total.